The van der Waals surface area contributed by atoms with Gasteiger partial charge in [-0.05, 0) is 52.3 Å². The molecular weight excluding hydrogens is 368 g/mol. The smallest absolute Gasteiger partial charge is 0.321 e. The molecule has 0 spiro atoms. The van der Waals surface area contributed by atoms with Crippen molar-refractivity contribution in [1.82, 2.24) is 4.90 Å². The van der Waals surface area contributed by atoms with Gasteiger partial charge in [0.25, 0.3) is 0 Å². The number of hydrogen-bond donors (Lipinski definition) is 1. The van der Waals surface area contributed by atoms with E-state index in [0.717, 1.165) is 28.9 Å². The normalized spacial score (nSPS) is 14.2. The van der Waals surface area contributed by atoms with Gasteiger partial charge < -0.3 is 15.1 Å². The summed E-state index contributed by atoms with van der Waals surface area (Å²) in [6, 6.07) is 17.2. The van der Waals surface area contributed by atoms with Crippen molar-refractivity contribution in [3.63, 3.8) is 0 Å². The minimum Gasteiger partial charge on any atom is -0.368 e. The first-order valence-electron chi connectivity index (χ1n) is 7.73. The van der Waals surface area contributed by atoms with E-state index in [1.165, 1.54) is 0 Å². The molecule has 0 bridgehead atoms. The van der Waals surface area contributed by atoms with Crippen molar-refractivity contribution in [2.24, 2.45) is 0 Å². The van der Waals surface area contributed by atoms with Crippen molar-refractivity contribution in [3.05, 3.63) is 58.6 Å². The van der Waals surface area contributed by atoms with Gasteiger partial charge in [-0.15, -0.1) is 0 Å². The first-order chi connectivity index (χ1) is 11.7. The van der Waals surface area contributed by atoms with Crippen LogP contribution in [0.25, 0.3) is 0 Å². The van der Waals surface area contributed by atoms with Gasteiger partial charge in [-0.3, -0.25) is 0 Å². The lowest BCUT2D eigenvalue weighted by Gasteiger charge is -2.36. The Morgan fingerprint density at radius 2 is 1.71 bits per heavy atom. The second kappa shape index (κ2) is 7.37. The van der Waals surface area contributed by atoms with Gasteiger partial charge in [0, 0.05) is 36.3 Å². The second-order valence-corrected chi connectivity index (χ2v) is 6.40. The van der Waals surface area contributed by atoms with Crippen LogP contribution >= 0.6 is 15.9 Å². The van der Waals surface area contributed by atoms with E-state index in [0.29, 0.717) is 18.7 Å². The summed E-state index contributed by atoms with van der Waals surface area (Å²) in [5.41, 5.74) is 2.52. The zero-order valence-electron chi connectivity index (χ0n) is 13.1. The number of halogens is 1. The minimum absolute atomic E-state index is 0.0821. The average molecular weight is 385 g/mol. The Bertz CT molecular complexity index is 761. The molecule has 0 atom stereocenters. The zero-order valence-corrected chi connectivity index (χ0v) is 14.7. The lowest BCUT2D eigenvalue weighted by atomic mass is 10.2. The predicted octanol–water partition coefficient (Wildman–Crippen LogP) is 3.67. The molecule has 1 aliphatic heterocycles. The number of benzene rings is 2. The highest BCUT2D eigenvalue weighted by molar-refractivity contribution is 9.10. The number of carbonyl (C=O) groups excluding carboxylic acids is 1. The molecule has 2 amide bonds. The van der Waals surface area contributed by atoms with Crippen molar-refractivity contribution < 1.29 is 4.79 Å². The number of para-hydroxylation sites is 1. The van der Waals surface area contributed by atoms with E-state index in [9.17, 15) is 4.79 Å². The van der Waals surface area contributed by atoms with Crippen LogP contribution in [0.5, 0.6) is 0 Å². The van der Waals surface area contributed by atoms with Crippen molar-refractivity contribution in [2.45, 2.75) is 0 Å². The molecule has 1 heterocycles. The molecule has 1 N–H and O–H groups in total. The number of nitriles is 1. The second-order valence-electron chi connectivity index (χ2n) is 5.54. The van der Waals surface area contributed by atoms with Gasteiger partial charge in [-0.25, -0.2) is 4.79 Å². The third kappa shape index (κ3) is 3.69. The van der Waals surface area contributed by atoms with Gasteiger partial charge in [0.15, 0.2) is 0 Å². The summed E-state index contributed by atoms with van der Waals surface area (Å²) in [5, 5.41) is 11.8. The van der Waals surface area contributed by atoms with Gasteiger partial charge in [-0.1, -0.05) is 12.1 Å². The van der Waals surface area contributed by atoms with Crippen LogP contribution in [0.3, 0.4) is 0 Å². The van der Waals surface area contributed by atoms with Crippen LogP contribution < -0.4 is 10.2 Å². The largest absolute Gasteiger partial charge is 0.368 e. The quantitative estimate of drug-likeness (QED) is 0.858. The van der Waals surface area contributed by atoms with Crippen LogP contribution in [0.15, 0.2) is 53.0 Å². The topological polar surface area (TPSA) is 59.4 Å². The maximum absolute atomic E-state index is 12.4. The molecule has 122 valence electrons. The summed E-state index contributed by atoms with van der Waals surface area (Å²) in [4.78, 5) is 16.4. The number of urea groups is 1. The van der Waals surface area contributed by atoms with Crippen molar-refractivity contribution in [1.29, 1.82) is 5.26 Å². The molecule has 3 rings (SSSR count). The number of amides is 2. The standard InChI is InChI=1S/C18H17BrN4O/c19-16-3-1-2-4-17(16)21-18(24)23-11-9-22(10-12-23)15-7-5-14(13-20)6-8-15/h1-8H,9-12H2,(H,21,24). The molecule has 1 fully saturated rings. The minimum atomic E-state index is -0.0821. The molecule has 2 aromatic carbocycles. The van der Waals surface area contributed by atoms with Crippen LogP contribution in [-0.4, -0.2) is 37.1 Å². The fourth-order valence-corrected chi connectivity index (χ4v) is 3.06. The van der Waals surface area contributed by atoms with Crippen molar-refractivity contribution >= 4 is 33.3 Å². The molecule has 6 heteroatoms. The molecule has 1 aliphatic rings. The number of carbonyl (C=O) groups is 1. The molecule has 24 heavy (non-hydrogen) atoms. The van der Waals surface area contributed by atoms with Gasteiger partial charge in [0.2, 0.25) is 0 Å². The molecule has 1 saturated heterocycles. The van der Waals surface area contributed by atoms with Crippen molar-refractivity contribution in [2.75, 3.05) is 36.4 Å². The highest BCUT2D eigenvalue weighted by Gasteiger charge is 2.21. The van der Waals surface area contributed by atoms with Crippen LogP contribution in [0, 0.1) is 11.3 Å². The zero-order chi connectivity index (χ0) is 16.9. The third-order valence-electron chi connectivity index (χ3n) is 4.04. The summed E-state index contributed by atoms with van der Waals surface area (Å²) < 4.78 is 0.870. The van der Waals surface area contributed by atoms with Crippen LogP contribution in [0.4, 0.5) is 16.2 Å². The Morgan fingerprint density at radius 1 is 1.04 bits per heavy atom. The SMILES string of the molecule is N#Cc1ccc(N2CCN(C(=O)Nc3ccccc3Br)CC2)cc1. The van der Waals surface area contributed by atoms with Gasteiger partial charge >= 0.3 is 6.03 Å². The van der Waals surface area contributed by atoms with Gasteiger partial charge in [-0.2, -0.15) is 5.26 Å². The summed E-state index contributed by atoms with van der Waals surface area (Å²) >= 11 is 3.44. The van der Waals surface area contributed by atoms with E-state index in [4.69, 9.17) is 5.26 Å². The van der Waals surface area contributed by atoms with E-state index in [2.05, 4.69) is 32.2 Å². The maximum atomic E-state index is 12.4. The summed E-state index contributed by atoms with van der Waals surface area (Å²) in [7, 11) is 0. The van der Waals surface area contributed by atoms with Crippen LogP contribution in [0.1, 0.15) is 5.56 Å². The highest BCUT2D eigenvalue weighted by Crippen LogP contribution is 2.22. The van der Waals surface area contributed by atoms with E-state index >= 15 is 0 Å². The van der Waals surface area contributed by atoms with Crippen molar-refractivity contribution in [3.8, 4) is 6.07 Å². The molecule has 0 aliphatic carbocycles. The Hall–Kier alpha value is -2.52. The highest BCUT2D eigenvalue weighted by atomic mass is 79.9. The fraction of sp³-hybridized carbons (Fsp3) is 0.222. The lowest BCUT2D eigenvalue weighted by molar-refractivity contribution is 0.208. The number of nitrogens with zero attached hydrogens (tertiary/aromatic N) is 3. The van der Waals surface area contributed by atoms with Gasteiger partial charge in [0.1, 0.15) is 0 Å². The summed E-state index contributed by atoms with van der Waals surface area (Å²) in [6.07, 6.45) is 0. The molecule has 0 aromatic heterocycles. The Balaban J connectivity index is 1.57. The number of rotatable bonds is 2. The Kier molecular flexibility index (Phi) is 5.02. The first-order valence-corrected chi connectivity index (χ1v) is 8.52. The predicted molar refractivity (Wildman–Crippen MR) is 98.1 cm³/mol. The fourth-order valence-electron chi connectivity index (χ4n) is 2.67. The number of hydrogen-bond acceptors (Lipinski definition) is 3. The van der Waals surface area contributed by atoms with Crippen LogP contribution in [-0.2, 0) is 0 Å². The third-order valence-corrected chi connectivity index (χ3v) is 4.74. The molecular formula is C18H17BrN4O. The van der Waals surface area contributed by atoms with Gasteiger partial charge in [0.05, 0.1) is 17.3 Å². The lowest BCUT2D eigenvalue weighted by Crippen LogP contribution is -2.50. The summed E-state index contributed by atoms with van der Waals surface area (Å²) in [5.74, 6) is 0. The number of nitrogens with one attached hydrogen (secondary N) is 1. The van der Waals surface area contributed by atoms with E-state index in [1.54, 1.807) is 0 Å². The summed E-state index contributed by atoms with van der Waals surface area (Å²) in [6.45, 7) is 2.87. The number of anilines is 2. The molecule has 0 radical (unpaired) electrons. The molecule has 0 unspecified atom stereocenters. The van der Waals surface area contributed by atoms with E-state index < -0.39 is 0 Å². The Morgan fingerprint density at radius 3 is 2.33 bits per heavy atom. The number of piperazine rings is 1. The first kappa shape index (κ1) is 16.3. The monoisotopic (exact) mass is 384 g/mol. The molecule has 2 aromatic rings. The van der Waals surface area contributed by atoms with E-state index in [1.807, 2.05) is 53.4 Å². The maximum Gasteiger partial charge on any atom is 0.321 e. The Labute approximate surface area is 149 Å². The molecule has 5 nitrogen and oxygen atoms in total. The average Bonchev–Trinajstić information content (AvgIpc) is 2.64. The van der Waals surface area contributed by atoms with Crippen LogP contribution in [0.2, 0.25) is 0 Å². The van der Waals surface area contributed by atoms with E-state index in [-0.39, 0.29) is 6.03 Å². The molecule has 0 saturated carbocycles.